The Labute approximate surface area is 196 Å². The lowest BCUT2D eigenvalue weighted by atomic mass is 9.91. The van der Waals surface area contributed by atoms with Crippen molar-refractivity contribution in [3.63, 3.8) is 0 Å². The molecule has 1 atom stereocenters. The van der Waals surface area contributed by atoms with Crippen LogP contribution >= 0.6 is 23.2 Å². The van der Waals surface area contributed by atoms with Gasteiger partial charge >= 0.3 is 0 Å². The molecular weight excluding hydrogens is 453 g/mol. The summed E-state index contributed by atoms with van der Waals surface area (Å²) in [6.07, 6.45) is 1.52. The van der Waals surface area contributed by atoms with Gasteiger partial charge in [-0.2, -0.15) is 0 Å². The Morgan fingerprint density at radius 1 is 1.16 bits per heavy atom. The standard InChI is InChI=1S/C23H25Cl2N3O4/c1-13(2)20(29)18-19(14-5-7-15(24)8-6-14)28(23(32)21(18)30)16-11-17(25)22(31)27(12-16)10-9-26(3)4/h5-8,11-13,19,30H,9-10H2,1-4H3. The second-order valence-corrected chi connectivity index (χ2v) is 9.10. The molecule has 0 saturated heterocycles. The molecule has 1 aliphatic rings. The molecule has 1 aromatic heterocycles. The molecule has 0 radical (unpaired) electrons. The quantitative estimate of drug-likeness (QED) is 0.654. The number of carbonyl (C=O) groups excluding carboxylic acids is 2. The van der Waals surface area contributed by atoms with E-state index in [0.717, 1.165) is 0 Å². The number of rotatable bonds is 7. The van der Waals surface area contributed by atoms with Crippen LogP contribution in [0, 0.1) is 5.92 Å². The number of hydrogen-bond donors (Lipinski definition) is 1. The van der Waals surface area contributed by atoms with Crippen LogP contribution in [0.4, 0.5) is 5.69 Å². The van der Waals surface area contributed by atoms with Crippen molar-refractivity contribution in [2.45, 2.75) is 26.4 Å². The first-order valence-electron chi connectivity index (χ1n) is 10.1. The number of pyridine rings is 1. The van der Waals surface area contributed by atoms with Gasteiger partial charge in [-0.1, -0.05) is 49.2 Å². The Morgan fingerprint density at radius 3 is 2.34 bits per heavy atom. The average molecular weight is 478 g/mol. The van der Waals surface area contributed by atoms with Crippen LogP contribution in [-0.4, -0.2) is 46.9 Å². The highest BCUT2D eigenvalue weighted by atomic mass is 35.5. The van der Waals surface area contributed by atoms with Gasteiger partial charge in [-0.3, -0.25) is 19.3 Å². The van der Waals surface area contributed by atoms with E-state index in [1.807, 2.05) is 19.0 Å². The van der Waals surface area contributed by atoms with Gasteiger partial charge in [-0.05, 0) is 37.9 Å². The first kappa shape index (κ1) is 24.0. The summed E-state index contributed by atoms with van der Waals surface area (Å²) in [5.41, 5.74) is 0.520. The molecule has 7 nitrogen and oxygen atoms in total. The lowest BCUT2D eigenvalue weighted by Gasteiger charge is -2.28. The largest absolute Gasteiger partial charge is 0.503 e. The minimum absolute atomic E-state index is 0.00878. The van der Waals surface area contributed by atoms with Crippen molar-refractivity contribution in [3.05, 3.63) is 73.8 Å². The molecule has 0 fully saturated rings. The first-order chi connectivity index (χ1) is 15.0. The number of aliphatic hydroxyl groups excluding tert-OH is 1. The molecule has 1 aliphatic heterocycles. The highest BCUT2D eigenvalue weighted by Gasteiger charge is 2.45. The summed E-state index contributed by atoms with van der Waals surface area (Å²) in [4.78, 5) is 41.9. The summed E-state index contributed by atoms with van der Waals surface area (Å²) in [5, 5.41) is 11.1. The molecule has 0 aliphatic carbocycles. The van der Waals surface area contributed by atoms with Crippen molar-refractivity contribution in [1.29, 1.82) is 0 Å². The molecule has 3 rings (SSSR count). The molecule has 1 unspecified atom stereocenters. The molecule has 32 heavy (non-hydrogen) atoms. The number of likely N-dealkylation sites (N-methyl/N-ethyl adjacent to an activating group) is 1. The highest BCUT2D eigenvalue weighted by molar-refractivity contribution is 6.31. The molecule has 2 heterocycles. The number of carbonyl (C=O) groups is 2. The number of amides is 1. The van der Waals surface area contributed by atoms with Gasteiger partial charge in [0, 0.05) is 30.2 Å². The summed E-state index contributed by atoms with van der Waals surface area (Å²) < 4.78 is 1.42. The normalized spacial score (nSPS) is 16.6. The van der Waals surface area contributed by atoms with Crippen molar-refractivity contribution in [2.75, 3.05) is 25.5 Å². The maximum Gasteiger partial charge on any atom is 0.294 e. The highest BCUT2D eigenvalue weighted by Crippen LogP contribution is 2.42. The van der Waals surface area contributed by atoms with Crippen LogP contribution in [0.3, 0.4) is 0 Å². The molecule has 1 amide bonds. The maximum absolute atomic E-state index is 13.2. The Kier molecular flexibility index (Phi) is 7.12. The Morgan fingerprint density at radius 2 is 1.78 bits per heavy atom. The Balaban J connectivity index is 2.18. The molecule has 1 N–H and O–H groups in total. The zero-order valence-corrected chi connectivity index (χ0v) is 19.8. The smallest absolute Gasteiger partial charge is 0.294 e. The molecule has 0 spiro atoms. The van der Waals surface area contributed by atoms with Gasteiger partial charge in [-0.25, -0.2) is 0 Å². The van der Waals surface area contributed by atoms with Gasteiger partial charge < -0.3 is 14.6 Å². The number of hydrogen-bond acceptors (Lipinski definition) is 5. The number of aliphatic hydroxyl groups is 1. The predicted octanol–water partition coefficient (Wildman–Crippen LogP) is 3.84. The fourth-order valence-electron chi connectivity index (χ4n) is 3.58. The van der Waals surface area contributed by atoms with Crippen molar-refractivity contribution in [1.82, 2.24) is 9.47 Å². The number of nitrogens with zero attached hydrogens (tertiary/aromatic N) is 3. The summed E-state index contributed by atoms with van der Waals surface area (Å²) in [5.74, 6) is -2.12. The molecule has 9 heteroatoms. The second-order valence-electron chi connectivity index (χ2n) is 8.26. The van der Waals surface area contributed by atoms with Crippen molar-refractivity contribution < 1.29 is 14.7 Å². The van der Waals surface area contributed by atoms with E-state index in [1.54, 1.807) is 38.1 Å². The predicted molar refractivity (Wildman–Crippen MR) is 125 cm³/mol. The van der Waals surface area contributed by atoms with E-state index in [2.05, 4.69) is 0 Å². The third-order valence-corrected chi connectivity index (χ3v) is 5.80. The van der Waals surface area contributed by atoms with Gasteiger partial charge in [0.1, 0.15) is 5.02 Å². The van der Waals surface area contributed by atoms with Crippen LogP contribution in [0.5, 0.6) is 0 Å². The summed E-state index contributed by atoms with van der Waals surface area (Å²) in [6.45, 7) is 4.33. The lowest BCUT2D eigenvalue weighted by molar-refractivity contribution is -0.119. The molecule has 170 valence electrons. The first-order valence-corrected chi connectivity index (χ1v) is 10.9. The van der Waals surface area contributed by atoms with Crippen LogP contribution in [0.25, 0.3) is 0 Å². The summed E-state index contributed by atoms with van der Waals surface area (Å²) in [7, 11) is 3.76. The maximum atomic E-state index is 13.2. The topological polar surface area (TPSA) is 82.9 Å². The fourth-order valence-corrected chi connectivity index (χ4v) is 3.93. The third kappa shape index (κ3) is 4.60. The number of benzene rings is 1. The van der Waals surface area contributed by atoms with Crippen molar-refractivity contribution >= 4 is 40.6 Å². The number of anilines is 1. The van der Waals surface area contributed by atoms with E-state index in [1.165, 1.54) is 21.7 Å². The minimum Gasteiger partial charge on any atom is -0.503 e. The van der Waals surface area contributed by atoms with Gasteiger partial charge in [0.05, 0.1) is 17.3 Å². The third-order valence-electron chi connectivity index (χ3n) is 5.28. The van der Waals surface area contributed by atoms with E-state index in [-0.39, 0.29) is 21.9 Å². The monoisotopic (exact) mass is 477 g/mol. The van der Waals surface area contributed by atoms with Gasteiger partial charge in [-0.15, -0.1) is 0 Å². The van der Waals surface area contributed by atoms with Gasteiger partial charge in [0.2, 0.25) is 0 Å². The zero-order chi connectivity index (χ0) is 23.7. The van der Waals surface area contributed by atoms with E-state index in [4.69, 9.17) is 23.2 Å². The van der Waals surface area contributed by atoms with Crippen LogP contribution in [0.1, 0.15) is 25.5 Å². The Bertz CT molecular complexity index is 1140. The van der Waals surface area contributed by atoms with E-state index < -0.39 is 23.6 Å². The van der Waals surface area contributed by atoms with E-state index >= 15 is 0 Å². The lowest BCUT2D eigenvalue weighted by Crippen LogP contribution is -2.34. The number of halogens is 2. The van der Waals surface area contributed by atoms with Crippen molar-refractivity contribution in [2.24, 2.45) is 5.92 Å². The van der Waals surface area contributed by atoms with Crippen LogP contribution in [-0.2, 0) is 16.1 Å². The van der Waals surface area contributed by atoms with Crippen LogP contribution in [0.2, 0.25) is 10.0 Å². The SMILES string of the molecule is CC(C)C(=O)C1=C(O)C(=O)N(c2cc(Cl)c(=O)n(CCN(C)C)c2)C1c1ccc(Cl)cc1. The van der Waals surface area contributed by atoms with Gasteiger partial charge in [0.25, 0.3) is 11.5 Å². The molecule has 0 bridgehead atoms. The number of aromatic nitrogens is 1. The van der Waals surface area contributed by atoms with Gasteiger partial charge in [0.15, 0.2) is 11.5 Å². The van der Waals surface area contributed by atoms with E-state index in [0.29, 0.717) is 29.4 Å². The van der Waals surface area contributed by atoms with E-state index in [9.17, 15) is 19.5 Å². The van der Waals surface area contributed by atoms with Crippen LogP contribution in [0.15, 0.2) is 52.7 Å². The number of Topliss-reactive ketones (excluding diaryl/α,β-unsaturated/α-hetero) is 1. The number of ketones is 1. The molecule has 0 saturated carbocycles. The summed E-state index contributed by atoms with van der Waals surface area (Å²) >= 11 is 12.2. The van der Waals surface area contributed by atoms with Crippen LogP contribution < -0.4 is 10.5 Å². The minimum atomic E-state index is -0.884. The zero-order valence-electron chi connectivity index (χ0n) is 18.3. The second kappa shape index (κ2) is 9.48. The average Bonchev–Trinajstić information content (AvgIpc) is 2.99. The molecular formula is C23H25Cl2N3O4. The Hall–Kier alpha value is -2.61. The fraction of sp³-hybridized carbons (Fsp3) is 0.348. The molecule has 1 aromatic carbocycles. The molecule has 2 aromatic rings. The summed E-state index contributed by atoms with van der Waals surface area (Å²) in [6, 6.07) is 7.19. The van der Waals surface area contributed by atoms with Crippen molar-refractivity contribution in [3.8, 4) is 0 Å².